The average molecular weight is 198 g/mol. The minimum atomic E-state index is 0.0175. The monoisotopic (exact) mass is 198 g/mol. The number of unbranched alkanes of at least 4 members (excludes halogenated alkanes) is 1. The number of hydrogen-bond acceptors (Lipinski definition) is 1. The Kier molecular flexibility index (Phi) is 6.89. The van der Waals surface area contributed by atoms with E-state index in [1.807, 2.05) is 13.8 Å². The van der Waals surface area contributed by atoms with Crippen LogP contribution in [0.4, 0.5) is 4.79 Å². The van der Waals surface area contributed by atoms with E-state index in [1.54, 1.807) is 4.90 Å². The topological polar surface area (TPSA) is 32.3 Å². The number of rotatable bonds is 6. The first-order valence-corrected chi connectivity index (χ1v) is 5.29. The first-order chi connectivity index (χ1) is 6.61. The Hall–Kier alpha value is -0.990. The van der Waals surface area contributed by atoms with Crippen molar-refractivity contribution >= 4 is 6.03 Å². The number of carbonyl (C=O) groups excluding carboxylic acids is 1. The maximum atomic E-state index is 11.6. The molecule has 0 radical (unpaired) electrons. The molecule has 2 amide bonds. The van der Waals surface area contributed by atoms with Gasteiger partial charge in [-0.25, -0.2) is 4.79 Å². The number of amides is 2. The maximum absolute atomic E-state index is 11.6. The van der Waals surface area contributed by atoms with Crippen molar-refractivity contribution in [2.24, 2.45) is 0 Å². The van der Waals surface area contributed by atoms with Gasteiger partial charge in [0.05, 0.1) is 0 Å². The zero-order chi connectivity index (χ0) is 11.0. The van der Waals surface area contributed by atoms with Crippen LogP contribution in [0.2, 0.25) is 0 Å². The fourth-order valence-electron chi connectivity index (χ4n) is 1.14. The number of carbonyl (C=O) groups is 1. The van der Waals surface area contributed by atoms with E-state index >= 15 is 0 Å². The van der Waals surface area contributed by atoms with Gasteiger partial charge in [0, 0.05) is 19.6 Å². The molecule has 0 aliphatic carbocycles. The zero-order valence-corrected chi connectivity index (χ0v) is 9.60. The highest BCUT2D eigenvalue weighted by Crippen LogP contribution is 1.96. The smallest absolute Gasteiger partial charge is 0.317 e. The molecule has 0 bridgehead atoms. The summed E-state index contributed by atoms with van der Waals surface area (Å²) in [4.78, 5) is 13.3. The molecule has 0 aromatic rings. The Labute approximate surface area is 87.2 Å². The summed E-state index contributed by atoms with van der Waals surface area (Å²) in [6.07, 6.45) is 2.14. The van der Waals surface area contributed by atoms with E-state index in [-0.39, 0.29) is 6.03 Å². The zero-order valence-electron chi connectivity index (χ0n) is 9.60. The quantitative estimate of drug-likeness (QED) is 0.516. The average Bonchev–Trinajstić information content (AvgIpc) is 2.14. The summed E-state index contributed by atoms with van der Waals surface area (Å²) < 4.78 is 0. The van der Waals surface area contributed by atoms with E-state index in [4.69, 9.17) is 0 Å². The standard InChI is InChI=1S/C11H22N2O/c1-5-7-8-12-11(14)13(6-2)9-10(3)4/h3,5-9H2,1-2,4H3,(H,12,14). The molecule has 0 saturated carbocycles. The van der Waals surface area contributed by atoms with Gasteiger partial charge < -0.3 is 10.2 Å². The molecule has 0 unspecified atom stereocenters. The molecule has 14 heavy (non-hydrogen) atoms. The first-order valence-electron chi connectivity index (χ1n) is 5.29. The highest BCUT2D eigenvalue weighted by molar-refractivity contribution is 5.74. The van der Waals surface area contributed by atoms with Crippen molar-refractivity contribution in [1.82, 2.24) is 10.2 Å². The van der Waals surface area contributed by atoms with Crippen LogP contribution in [0.15, 0.2) is 12.2 Å². The highest BCUT2D eigenvalue weighted by Gasteiger charge is 2.09. The van der Waals surface area contributed by atoms with Crippen molar-refractivity contribution in [3.05, 3.63) is 12.2 Å². The van der Waals surface area contributed by atoms with Crippen molar-refractivity contribution in [3.8, 4) is 0 Å². The molecule has 0 aromatic heterocycles. The molecule has 0 rings (SSSR count). The molecule has 3 heteroatoms. The number of urea groups is 1. The van der Waals surface area contributed by atoms with E-state index in [2.05, 4.69) is 18.8 Å². The van der Waals surface area contributed by atoms with Crippen molar-refractivity contribution in [3.63, 3.8) is 0 Å². The largest absolute Gasteiger partial charge is 0.338 e. The van der Waals surface area contributed by atoms with Crippen LogP contribution in [0.3, 0.4) is 0 Å². The molecule has 0 heterocycles. The van der Waals surface area contributed by atoms with Crippen molar-refractivity contribution < 1.29 is 4.79 Å². The minimum Gasteiger partial charge on any atom is -0.338 e. The second kappa shape index (κ2) is 7.42. The minimum absolute atomic E-state index is 0.0175. The van der Waals surface area contributed by atoms with Crippen LogP contribution in [0.5, 0.6) is 0 Å². The van der Waals surface area contributed by atoms with E-state index < -0.39 is 0 Å². The molecule has 0 saturated heterocycles. The normalized spacial score (nSPS) is 9.64. The summed E-state index contributed by atoms with van der Waals surface area (Å²) in [5.41, 5.74) is 1.01. The Morgan fingerprint density at radius 1 is 1.43 bits per heavy atom. The third-order valence-corrected chi connectivity index (χ3v) is 1.94. The fourth-order valence-corrected chi connectivity index (χ4v) is 1.14. The van der Waals surface area contributed by atoms with Gasteiger partial charge in [0.2, 0.25) is 0 Å². The van der Waals surface area contributed by atoms with E-state index in [0.29, 0.717) is 6.54 Å². The number of likely N-dealkylation sites (N-methyl/N-ethyl adjacent to an activating group) is 1. The van der Waals surface area contributed by atoms with Gasteiger partial charge in [-0.15, -0.1) is 0 Å². The summed E-state index contributed by atoms with van der Waals surface area (Å²) in [5, 5.41) is 2.89. The van der Waals surface area contributed by atoms with Crippen LogP contribution in [0, 0.1) is 0 Å². The van der Waals surface area contributed by atoms with Crippen LogP contribution in [0.25, 0.3) is 0 Å². The third kappa shape index (κ3) is 5.62. The van der Waals surface area contributed by atoms with Crippen molar-refractivity contribution in [2.45, 2.75) is 33.6 Å². The van der Waals surface area contributed by atoms with Crippen LogP contribution in [-0.4, -0.2) is 30.6 Å². The van der Waals surface area contributed by atoms with Gasteiger partial charge in [-0.1, -0.05) is 25.5 Å². The summed E-state index contributed by atoms with van der Waals surface area (Å²) in [6.45, 7) is 12.0. The Morgan fingerprint density at radius 2 is 2.07 bits per heavy atom. The van der Waals surface area contributed by atoms with Gasteiger partial charge in [-0.2, -0.15) is 0 Å². The van der Waals surface area contributed by atoms with Crippen LogP contribution >= 0.6 is 0 Å². The molecule has 0 aliphatic heterocycles. The van der Waals surface area contributed by atoms with Gasteiger partial charge in [0.25, 0.3) is 0 Å². The predicted molar refractivity (Wildman–Crippen MR) is 60.4 cm³/mol. The van der Waals surface area contributed by atoms with Gasteiger partial charge in [-0.3, -0.25) is 0 Å². The van der Waals surface area contributed by atoms with Crippen molar-refractivity contribution in [2.75, 3.05) is 19.6 Å². The highest BCUT2D eigenvalue weighted by atomic mass is 16.2. The summed E-state index contributed by atoms with van der Waals surface area (Å²) in [7, 11) is 0. The molecule has 82 valence electrons. The predicted octanol–water partition coefficient (Wildman–Crippen LogP) is 2.39. The molecule has 0 spiro atoms. The van der Waals surface area contributed by atoms with Crippen LogP contribution < -0.4 is 5.32 Å². The summed E-state index contributed by atoms with van der Waals surface area (Å²) in [6, 6.07) is 0.0175. The van der Waals surface area contributed by atoms with Crippen molar-refractivity contribution in [1.29, 1.82) is 0 Å². The Balaban J connectivity index is 3.85. The van der Waals surface area contributed by atoms with E-state index in [0.717, 1.165) is 31.5 Å². The second-order valence-electron chi connectivity index (χ2n) is 3.56. The molecule has 1 N–H and O–H groups in total. The van der Waals surface area contributed by atoms with Crippen LogP contribution in [0.1, 0.15) is 33.6 Å². The van der Waals surface area contributed by atoms with E-state index in [1.165, 1.54) is 0 Å². The Morgan fingerprint density at radius 3 is 2.50 bits per heavy atom. The van der Waals surface area contributed by atoms with Crippen LogP contribution in [-0.2, 0) is 0 Å². The van der Waals surface area contributed by atoms with E-state index in [9.17, 15) is 4.79 Å². The summed E-state index contributed by atoms with van der Waals surface area (Å²) >= 11 is 0. The lowest BCUT2D eigenvalue weighted by atomic mass is 10.3. The number of nitrogens with one attached hydrogen (secondary N) is 1. The summed E-state index contributed by atoms with van der Waals surface area (Å²) in [5.74, 6) is 0. The van der Waals surface area contributed by atoms with Gasteiger partial charge >= 0.3 is 6.03 Å². The molecule has 0 fully saturated rings. The molecule has 0 aromatic carbocycles. The molecule has 0 aliphatic rings. The maximum Gasteiger partial charge on any atom is 0.317 e. The van der Waals surface area contributed by atoms with Gasteiger partial charge in [0.15, 0.2) is 0 Å². The lowest BCUT2D eigenvalue weighted by Crippen LogP contribution is -2.40. The molecule has 3 nitrogen and oxygen atoms in total. The second-order valence-corrected chi connectivity index (χ2v) is 3.56. The lowest BCUT2D eigenvalue weighted by Gasteiger charge is -2.21. The Bertz CT molecular complexity index is 190. The first kappa shape index (κ1) is 13.0. The fraction of sp³-hybridized carbons (Fsp3) is 0.727. The molecular formula is C11H22N2O. The van der Waals surface area contributed by atoms with Gasteiger partial charge in [0.1, 0.15) is 0 Å². The number of hydrogen-bond donors (Lipinski definition) is 1. The molecular weight excluding hydrogens is 176 g/mol. The number of nitrogens with zero attached hydrogens (tertiary/aromatic N) is 1. The molecule has 0 atom stereocenters. The lowest BCUT2D eigenvalue weighted by molar-refractivity contribution is 0.204. The SMILES string of the molecule is C=C(C)CN(CC)C(=O)NCCCC. The third-order valence-electron chi connectivity index (χ3n) is 1.94. The van der Waals surface area contributed by atoms with Gasteiger partial charge in [-0.05, 0) is 20.3 Å².